The number of anilines is 1. The molecule has 0 aromatic heterocycles. The van der Waals surface area contributed by atoms with Gasteiger partial charge in [0, 0.05) is 38.0 Å². The van der Waals surface area contributed by atoms with Crippen LogP contribution in [0, 0.1) is 5.92 Å². The second-order valence-electron chi connectivity index (χ2n) is 6.41. The third-order valence-corrected chi connectivity index (χ3v) is 4.82. The number of nitrogens with zero attached hydrogens (tertiary/aromatic N) is 1. The zero-order valence-corrected chi connectivity index (χ0v) is 12.7. The van der Waals surface area contributed by atoms with E-state index in [1.165, 1.54) is 24.1 Å². The topological polar surface area (TPSA) is 24.5 Å². The first kappa shape index (κ1) is 13.9. The lowest BCUT2D eigenvalue weighted by Crippen LogP contribution is -2.60. The van der Waals surface area contributed by atoms with Crippen molar-refractivity contribution in [2.45, 2.75) is 31.7 Å². The second-order valence-corrected chi connectivity index (χ2v) is 6.41. The molecule has 1 aromatic carbocycles. The highest BCUT2D eigenvalue weighted by Gasteiger charge is 2.44. The number of para-hydroxylation sites is 1. The molecule has 110 valence electrons. The van der Waals surface area contributed by atoms with Gasteiger partial charge in [-0.05, 0) is 43.7 Å². The summed E-state index contributed by atoms with van der Waals surface area (Å²) in [5.74, 6) is 0.872. The number of ether oxygens (including phenoxy) is 1. The Morgan fingerprint density at radius 1 is 1.35 bits per heavy atom. The third kappa shape index (κ3) is 2.84. The molecule has 1 aliphatic carbocycles. The first-order chi connectivity index (χ1) is 9.73. The van der Waals surface area contributed by atoms with Crippen LogP contribution in [0.25, 0.3) is 0 Å². The molecule has 1 aliphatic heterocycles. The lowest BCUT2D eigenvalue weighted by atomic mass is 9.92. The number of rotatable bonds is 5. The van der Waals surface area contributed by atoms with E-state index >= 15 is 0 Å². The van der Waals surface area contributed by atoms with E-state index in [0.717, 1.165) is 38.6 Å². The Balaban J connectivity index is 1.77. The van der Waals surface area contributed by atoms with Gasteiger partial charge in [0.15, 0.2) is 0 Å². The Morgan fingerprint density at radius 3 is 2.90 bits per heavy atom. The molecule has 1 unspecified atom stereocenters. The molecular weight excluding hydrogens is 248 g/mol. The van der Waals surface area contributed by atoms with Gasteiger partial charge >= 0.3 is 0 Å². The first-order valence-electron chi connectivity index (χ1n) is 7.80. The number of benzene rings is 1. The number of nitrogens with one attached hydrogen (secondary N) is 1. The van der Waals surface area contributed by atoms with Crippen LogP contribution in [0.2, 0.25) is 0 Å². The average Bonchev–Trinajstić information content (AvgIpc) is 3.30. The van der Waals surface area contributed by atoms with Crippen LogP contribution in [0.5, 0.6) is 0 Å². The van der Waals surface area contributed by atoms with Gasteiger partial charge in [-0.3, -0.25) is 0 Å². The number of methoxy groups -OCH3 is 1. The van der Waals surface area contributed by atoms with Crippen LogP contribution in [0.15, 0.2) is 24.3 Å². The van der Waals surface area contributed by atoms with E-state index in [-0.39, 0.29) is 0 Å². The highest BCUT2D eigenvalue weighted by atomic mass is 16.5. The molecule has 1 atom stereocenters. The van der Waals surface area contributed by atoms with Gasteiger partial charge < -0.3 is 15.0 Å². The number of piperazine rings is 1. The molecule has 0 spiro atoms. The monoisotopic (exact) mass is 274 g/mol. The minimum absolute atomic E-state index is 0.298. The summed E-state index contributed by atoms with van der Waals surface area (Å²) in [5.41, 5.74) is 3.11. The fraction of sp³-hybridized carbons (Fsp3) is 0.647. The van der Waals surface area contributed by atoms with Crippen molar-refractivity contribution in [2.75, 3.05) is 38.3 Å². The van der Waals surface area contributed by atoms with Crippen molar-refractivity contribution in [2.24, 2.45) is 5.92 Å². The summed E-state index contributed by atoms with van der Waals surface area (Å²) >= 11 is 0. The standard InChI is InChI=1S/C17H26N2O/c1-17(15-7-8-15)13-19(11-10-18-17)16-6-4-3-5-14(16)9-12-20-2/h3-6,15,18H,7-13H2,1-2H3. The van der Waals surface area contributed by atoms with Crippen molar-refractivity contribution in [1.29, 1.82) is 0 Å². The molecule has 1 saturated carbocycles. The largest absolute Gasteiger partial charge is 0.384 e. The van der Waals surface area contributed by atoms with Crippen molar-refractivity contribution in [1.82, 2.24) is 5.32 Å². The predicted octanol–water partition coefficient (Wildman–Crippen LogP) is 2.45. The minimum Gasteiger partial charge on any atom is -0.384 e. The predicted molar refractivity (Wildman–Crippen MR) is 83.4 cm³/mol. The van der Waals surface area contributed by atoms with E-state index in [0.29, 0.717) is 5.54 Å². The van der Waals surface area contributed by atoms with Crippen molar-refractivity contribution >= 4 is 5.69 Å². The quantitative estimate of drug-likeness (QED) is 0.892. The van der Waals surface area contributed by atoms with E-state index in [4.69, 9.17) is 4.74 Å². The molecule has 2 aliphatic rings. The van der Waals surface area contributed by atoms with Gasteiger partial charge in [0.25, 0.3) is 0 Å². The van der Waals surface area contributed by atoms with Gasteiger partial charge in [-0.1, -0.05) is 18.2 Å². The van der Waals surface area contributed by atoms with E-state index in [1.807, 2.05) is 0 Å². The first-order valence-corrected chi connectivity index (χ1v) is 7.80. The molecule has 0 amide bonds. The van der Waals surface area contributed by atoms with Crippen molar-refractivity contribution in [3.8, 4) is 0 Å². The van der Waals surface area contributed by atoms with E-state index in [9.17, 15) is 0 Å². The molecule has 3 heteroatoms. The lowest BCUT2D eigenvalue weighted by Gasteiger charge is -2.43. The summed E-state index contributed by atoms with van der Waals surface area (Å²) in [7, 11) is 1.78. The maximum atomic E-state index is 5.25. The molecule has 1 N–H and O–H groups in total. The van der Waals surface area contributed by atoms with Crippen LogP contribution >= 0.6 is 0 Å². The van der Waals surface area contributed by atoms with Crippen LogP contribution < -0.4 is 10.2 Å². The van der Waals surface area contributed by atoms with Crippen LogP contribution in [0.3, 0.4) is 0 Å². The molecule has 2 fully saturated rings. The Hall–Kier alpha value is -1.06. The molecule has 3 nitrogen and oxygen atoms in total. The molecule has 20 heavy (non-hydrogen) atoms. The van der Waals surface area contributed by atoms with Crippen LogP contribution in [-0.4, -0.2) is 38.9 Å². The number of hydrogen-bond donors (Lipinski definition) is 1. The maximum absolute atomic E-state index is 5.25. The molecule has 3 rings (SSSR count). The van der Waals surface area contributed by atoms with Crippen LogP contribution in [0.1, 0.15) is 25.3 Å². The minimum atomic E-state index is 0.298. The van der Waals surface area contributed by atoms with Gasteiger partial charge in [-0.2, -0.15) is 0 Å². The number of hydrogen-bond acceptors (Lipinski definition) is 3. The Morgan fingerprint density at radius 2 is 2.15 bits per heavy atom. The van der Waals surface area contributed by atoms with Gasteiger partial charge in [0.2, 0.25) is 0 Å². The summed E-state index contributed by atoms with van der Waals surface area (Å²) in [6, 6.07) is 8.80. The van der Waals surface area contributed by atoms with Crippen molar-refractivity contribution < 1.29 is 4.74 Å². The molecule has 1 heterocycles. The molecule has 1 aromatic rings. The Bertz CT molecular complexity index is 458. The van der Waals surface area contributed by atoms with Crippen molar-refractivity contribution in [3.63, 3.8) is 0 Å². The molecule has 0 bridgehead atoms. The van der Waals surface area contributed by atoms with Gasteiger partial charge in [-0.25, -0.2) is 0 Å². The molecule has 1 saturated heterocycles. The SMILES string of the molecule is COCCc1ccccc1N1CCNC(C)(C2CC2)C1. The molecular formula is C17H26N2O. The normalized spacial score (nSPS) is 26.8. The average molecular weight is 274 g/mol. The second kappa shape index (κ2) is 5.74. The van der Waals surface area contributed by atoms with Crippen molar-refractivity contribution in [3.05, 3.63) is 29.8 Å². The summed E-state index contributed by atoms with van der Waals surface area (Å²) in [6.45, 7) is 6.51. The zero-order chi connectivity index (χ0) is 14.0. The van der Waals surface area contributed by atoms with Crippen LogP contribution in [0.4, 0.5) is 5.69 Å². The smallest absolute Gasteiger partial charge is 0.0503 e. The Kier molecular flexibility index (Phi) is 3.99. The highest BCUT2D eigenvalue weighted by molar-refractivity contribution is 5.54. The summed E-state index contributed by atoms with van der Waals surface area (Å²) in [6.07, 6.45) is 3.78. The third-order valence-electron chi connectivity index (χ3n) is 4.82. The van der Waals surface area contributed by atoms with Gasteiger partial charge in [0.1, 0.15) is 0 Å². The lowest BCUT2D eigenvalue weighted by molar-refractivity contribution is 0.202. The maximum Gasteiger partial charge on any atom is 0.0503 e. The fourth-order valence-corrected chi connectivity index (χ4v) is 3.45. The van der Waals surface area contributed by atoms with E-state index in [2.05, 4.69) is 41.4 Å². The van der Waals surface area contributed by atoms with E-state index in [1.54, 1.807) is 7.11 Å². The highest BCUT2D eigenvalue weighted by Crippen LogP contribution is 2.41. The van der Waals surface area contributed by atoms with Crippen LogP contribution in [-0.2, 0) is 11.2 Å². The van der Waals surface area contributed by atoms with E-state index < -0.39 is 0 Å². The molecule has 0 radical (unpaired) electrons. The van der Waals surface area contributed by atoms with Gasteiger partial charge in [-0.15, -0.1) is 0 Å². The Labute approximate surface area is 122 Å². The summed E-state index contributed by atoms with van der Waals surface area (Å²) in [4.78, 5) is 2.57. The summed E-state index contributed by atoms with van der Waals surface area (Å²) in [5, 5.41) is 3.75. The zero-order valence-electron chi connectivity index (χ0n) is 12.7. The van der Waals surface area contributed by atoms with Gasteiger partial charge in [0.05, 0.1) is 6.61 Å². The summed E-state index contributed by atoms with van der Waals surface area (Å²) < 4.78 is 5.25. The fourth-order valence-electron chi connectivity index (χ4n) is 3.45.